The van der Waals surface area contributed by atoms with Crippen LogP contribution in [0.3, 0.4) is 0 Å². The monoisotopic (exact) mass is 482 g/mol. The van der Waals surface area contributed by atoms with Crippen molar-refractivity contribution < 1.29 is 14.9 Å². The van der Waals surface area contributed by atoms with Gasteiger partial charge in [0.25, 0.3) is 0 Å². The van der Waals surface area contributed by atoms with E-state index < -0.39 is 0 Å². The quantitative estimate of drug-likeness (QED) is 0.193. The van der Waals surface area contributed by atoms with Gasteiger partial charge in [0.1, 0.15) is 0 Å². The Bertz CT molecular complexity index is 702. The van der Waals surface area contributed by atoms with Crippen LogP contribution in [0.15, 0.2) is 11.0 Å². The lowest BCUT2D eigenvalue weighted by atomic mass is 9.74. The molecule has 2 N–H and O–H groups in total. The first kappa shape index (κ1) is 30.8. The van der Waals surface area contributed by atoms with Gasteiger partial charge in [-0.15, -0.1) is 0 Å². The molecule has 0 radical (unpaired) electrons. The first-order valence-electron chi connectivity index (χ1n) is 14.1. The fourth-order valence-electron chi connectivity index (χ4n) is 5.52. The molecule has 200 valence electrons. The minimum atomic E-state index is -0.331. The van der Waals surface area contributed by atoms with Crippen molar-refractivity contribution in [2.24, 2.45) is 5.41 Å². The fourth-order valence-corrected chi connectivity index (χ4v) is 5.52. The Kier molecular flexibility index (Phi) is 14.8. The minimum absolute atomic E-state index is 0.0791. The molecule has 0 aliphatic carbocycles. The highest BCUT2D eigenvalue weighted by atomic mass is 16.5. The number of unbranched alkanes of at least 4 members (excludes halogenated alkanes) is 4. The molecule has 0 saturated heterocycles. The molecular weight excluding hydrogens is 428 g/mol. The maximum atomic E-state index is 12.8. The van der Waals surface area contributed by atoms with E-state index >= 15 is 0 Å². The standard InChI is InChI=1S/C28H54N2O4/c1-6-27(7-2,18-12-11-15-21-31)19-13-16-22-34-23-17-14-20-28(8-3,9-4)30-25(32)24-29(10-5)26(30)33/h24,31-32H,6-23H2,1-5H3. The molecule has 6 heteroatoms. The van der Waals surface area contributed by atoms with Crippen molar-refractivity contribution in [2.75, 3.05) is 19.8 Å². The molecular formula is C28H54N2O4. The number of aliphatic hydroxyl groups excluding tert-OH is 1. The summed E-state index contributed by atoms with van der Waals surface area (Å²) in [6.45, 7) is 13.2. The zero-order chi connectivity index (χ0) is 25.5. The van der Waals surface area contributed by atoms with Crippen LogP contribution in [-0.2, 0) is 16.8 Å². The molecule has 1 rings (SSSR count). The van der Waals surface area contributed by atoms with E-state index in [0.29, 0.717) is 18.6 Å². The molecule has 1 aromatic heterocycles. The van der Waals surface area contributed by atoms with Gasteiger partial charge in [0, 0.05) is 26.4 Å². The van der Waals surface area contributed by atoms with Gasteiger partial charge in [0.2, 0.25) is 5.88 Å². The van der Waals surface area contributed by atoms with E-state index in [-0.39, 0.29) is 17.1 Å². The smallest absolute Gasteiger partial charge is 0.331 e. The van der Waals surface area contributed by atoms with Crippen LogP contribution in [0.5, 0.6) is 5.88 Å². The average molecular weight is 483 g/mol. The molecule has 0 spiro atoms. The Morgan fingerprint density at radius 2 is 1.35 bits per heavy atom. The minimum Gasteiger partial charge on any atom is -0.493 e. The average Bonchev–Trinajstić information content (AvgIpc) is 3.15. The van der Waals surface area contributed by atoms with Gasteiger partial charge < -0.3 is 14.9 Å². The van der Waals surface area contributed by atoms with Crippen molar-refractivity contribution >= 4 is 0 Å². The predicted molar refractivity (Wildman–Crippen MR) is 142 cm³/mol. The van der Waals surface area contributed by atoms with Crippen molar-refractivity contribution in [3.63, 3.8) is 0 Å². The number of aromatic nitrogens is 2. The number of imidazole rings is 1. The Morgan fingerprint density at radius 3 is 1.82 bits per heavy atom. The van der Waals surface area contributed by atoms with Crippen LogP contribution in [0, 0.1) is 5.41 Å². The summed E-state index contributed by atoms with van der Waals surface area (Å²) in [5.74, 6) is 0.0791. The third kappa shape index (κ3) is 8.75. The third-order valence-corrected chi connectivity index (χ3v) is 8.36. The van der Waals surface area contributed by atoms with Crippen molar-refractivity contribution in [2.45, 2.75) is 137 Å². The normalized spacial score (nSPS) is 12.5. The predicted octanol–water partition coefficient (Wildman–Crippen LogP) is 6.61. The number of aromatic hydroxyl groups is 1. The molecule has 0 atom stereocenters. The molecule has 0 amide bonds. The van der Waals surface area contributed by atoms with Gasteiger partial charge in [-0.25, -0.2) is 4.79 Å². The Labute approximate surface area is 208 Å². The van der Waals surface area contributed by atoms with Gasteiger partial charge in [-0.2, -0.15) is 0 Å². The van der Waals surface area contributed by atoms with E-state index in [0.717, 1.165) is 64.6 Å². The Balaban J connectivity index is 2.37. The van der Waals surface area contributed by atoms with Gasteiger partial charge in [-0.05, 0) is 70.1 Å². The van der Waals surface area contributed by atoms with E-state index in [4.69, 9.17) is 9.84 Å². The number of hydrogen-bond donors (Lipinski definition) is 2. The van der Waals surface area contributed by atoms with Crippen molar-refractivity contribution in [3.8, 4) is 5.88 Å². The SMILES string of the molecule is CCn1cc(O)n(C(CC)(CC)CCCCOCCCCC(CC)(CC)CCCCCO)c1=O. The number of aliphatic hydroxyl groups is 1. The summed E-state index contributed by atoms with van der Waals surface area (Å²) in [5.41, 5.74) is 0.0190. The summed E-state index contributed by atoms with van der Waals surface area (Å²) >= 11 is 0. The highest BCUT2D eigenvalue weighted by Gasteiger charge is 2.32. The fraction of sp³-hybridized carbons (Fsp3) is 0.893. The maximum Gasteiger partial charge on any atom is 0.331 e. The van der Waals surface area contributed by atoms with Crippen LogP contribution in [0.25, 0.3) is 0 Å². The number of hydrogen-bond acceptors (Lipinski definition) is 4. The van der Waals surface area contributed by atoms with Crippen molar-refractivity contribution in [1.82, 2.24) is 9.13 Å². The van der Waals surface area contributed by atoms with E-state index in [1.54, 1.807) is 15.3 Å². The van der Waals surface area contributed by atoms with Crippen LogP contribution in [0.4, 0.5) is 0 Å². The first-order chi connectivity index (χ1) is 16.4. The summed E-state index contributed by atoms with van der Waals surface area (Å²) in [5, 5.41) is 19.4. The van der Waals surface area contributed by atoms with Crippen LogP contribution in [-0.4, -0.2) is 39.2 Å². The Hall–Kier alpha value is -1.27. The highest BCUT2D eigenvalue weighted by Crippen LogP contribution is 2.38. The van der Waals surface area contributed by atoms with Gasteiger partial charge in [0.05, 0.1) is 11.7 Å². The topological polar surface area (TPSA) is 76.6 Å². The lowest BCUT2D eigenvalue weighted by Crippen LogP contribution is -2.40. The van der Waals surface area contributed by atoms with Crippen molar-refractivity contribution in [3.05, 3.63) is 16.7 Å². The zero-order valence-corrected chi connectivity index (χ0v) is 22.9. The summed E-state index contributed by atoms with van der Waals surface area (Å²) < 4.78 is 9.14. The molecule has 0 aliphatic heterocycles. The molecule has 0 saturated carbocycles. The molecule has 1 heterocycles. The number of aryl methyl sites for hydroxylation is 1. The molecule has 0 unspecified atom stereocenters. The van der Waals surface area contributed by atoms with Gasteiger partial charge >= 0.3 is 5.69 Å². The lowest BCUT2D eigenvalue weighted by molar-refractivity contribution is 0.114. The number of rotatable bonds is 21. The summed E-state index contributed by atoms with van der Waals surface area (Å²) in [6.07, 6.45) is 16.7. The van der Waals surface area contributed by atoms with Crippen molar-refractivity contribution in [1.29, 1.82) is 0 Å². The largest absolute Gasteiger partial charge is 0.493 e. The Morgan fingerprint density at radius 1 is 0.794 bits per heavy atom. The van der Waals surface area contributed by atoms with E-state index in [9.17, 15) is 9.90 Å². The summed E-state index contributed by atoms with van der Waals surface area (Å²) in [4.78, 5) is 12.8. The highest BCUT2D eigenvalue weighted by molar-refractivity contribution is 5.10. The van der Waals surface area contributed by atoms with E-state index in [1.165, 1.54) is 38.5 Å². The maximum absolute atomic E-state index is 12.8. The van der Waals surface area contributed by atoms with Crippen LogP contribution < -0.4 is 5.69 Å². The molecule has 0 aromatic carbocycles. The second kappa shape index (κ2) is 16.4. The van der Waals surface area contributed by atoms with Gasteiger partial charge in [0.15, 0.2) is 0 Å². The molecule has 34 heavy (non-hydrogen) atoms. The van der Waals surface area contributed by atoms with Gasteiger partial charge in [-0.1, -0.05) is 59.8 Å². The summed E-state index contributed by atoms with van der Waals surface area (Å²) in [6, 6.07) is 0. The van der Waals surface area contributed by atoms with E-state index in [1.807, 2.05) is 6.92 Å². The van der Waals surface area contributed by atoms with Crippen LogP contribution in [0.1, 0.15) is 125 Å². The second-order valence-electron chi connectivity index (χ2n) is 10.1. The van der Waals surface area contributed by atoms with Crippen LogP contribution in [0.2, 0.25) is 0 Å². The molecule has 6 nitrogen and oxygen atoms in total. The first-order valence-corrected chi connectivity index (χ1v) is 14.1. The lowest BCUT2D eigenvalue weighted by Gasteiger charge is -2.33. The van der Waals surface area contributed by atoms with Gasteiger partial charge in [-0.3, -0.25) is 9.13 Å². The molecule has 0 fully saturated rings. The van der Waals surface area contributed by atoms with Crippen LogP contribution >= 0.6 is 0 Å². The van der Waals surface area contributed by atoms with E-state index in [2.05, 4.69) is 27.7 Å². The second-order valence-corrected chi connectivity index (χ2v) is 10.1. The third-order valence-electron chi connectivity index (χ3n) is 8.36. The molecule has 0 bridgehead atoms. The number of nitrogens with zero attached hydrogens (tertiary/aromatic N) is 2. The number of ether oxygens (including phenoxy) is 1. The molecule has 1 aromatic rings. The molecule has 0 aliphatic rings. The summed E-state index contributed by atoms with van der Waals surface area (Å²) in [7, 11) is 0. The zero-order valence-electron chi connectivity index (χ0n) is 22.9.